The van der Waals surface area contributed by atoms with Crippen LogP contribution in [0.15, 0.2) is 0 Å². The summed E-state index contributed by atoms with van der Waals surface area (Å²) in [5, 5.41) is 15.6. The lowest BCUT2D eigenvalue weighted by Crippen LogP contribution is -2.52. The summed E-state index contributed by atoms with van der Waals surface area (Å²) in [6.07, 6.45) is 6.90. The Hall–Kier alpha value is -1.90. The number of hydrogen-bond acceptors (Lipinski definition) is 2. The van der Waals surface area contributed by atoms with Gasteiger partial charge in [0.25, 0.3) is 0 Å². The van der Waals surface area contributed by atoms with Crippen LogP contribution in [0.4, 0.5) is 32.4 Å². The highest BCUT2D eigenvalue weighted by atomic mass is 19.2. The van der Waals surface area contributed by atoms with Gasteiger partial charge in [-0.05, 0) is 18.3 Å². The van der Waals surface area contributed by atoms with Gasteiger partial charge in [0.05, 0.1) is 5.60 Å². The molecule has 9 heteroatoms. The molecule has 1 unspecified atom stereocenters. The zero-order valence-electron chi connectivity index (χ0n) is 20.1. The summed E-state index contributed by atoms with van der Waals surface area (Å²) >= 11 is 0. The van der Waals surface area contributed by atoms with E-state index in [4.69, 9.17) is 0 Å². The van der Waals surface area contributed by atoms with Crippen LogP contribution in [0, 0.1) is 46.8 Å². The molecule has 4 nitrogen and oxygen atoms in total. The van der Waals surface area contributed by atoms with Crippen molar-refractivity contribution < 1.29 is 31.9 Å². The van der Waals surface area contributed by atoms with E-state index in [0.717, 1.165) is 38.5 Å². The SMILES string of the molecule is CCCCCCCCC(CNC(=O)Nc1c(F)c(F)c(F)c(F)c1F)C(O)(C(C)C)C(C)C. The van der Waals surface area contributed by atoms with Crippen LogP contribution in [-0.2, 0) is 0 Å². The minimum atomic E-state index is -2.30. The molecule has 0 radical (unpaired) electrons. The second kappa shape index (κ2) is 13.1. The molecule has 0 aliphatic heterocycles. The highest BCUT2D eigenvalue weighted by molar-refractivity contribution is 5.89. The van der Waals surface area contributed by atoms with Gasteiger partial charge in [0.15, 0.2) is 23.3 Å². The van der Waals surface area contributed by atoms with Crippen LogP contribution < -0.4 is 10.6 Å². The Morgan fingerprint density at radius 1 is 0.818 bits per heavy atom. The van der Waals surface area contributed by atoms with Crippen LogP contribution in [-0.4, -0.2) is 23.3 Å². The maximum absolute atomic E-state index is 13.9. The van der Waals surface area contributed by atoms with Crippen LogP contribution in [0.2, 0.25) is 0 Å². The molecule has 0 saturated heterocycles. The molecule has 0 bridgehead atoms. The highest BCUT2D eigenvalue weighted by Gasteiger charge is 2.42. The second-order valence-electron chi connectivity index (χ2n) is 9.23. The number of hydrogen-bond donors (Lipinski definition) is 3. The third-order valence-electron chi connectivity index (χ3n) is 6.37. The molecule has 33 heavy (non-hydrogen) atoms. The molecule has 2 amide bonds. The first kappa shape index (κ1) is 29.1. The third kappa shape index (κ3) is 7.29. The predicted octanol–water partition coefficient (Wildman–Crippen LogP) is 6.91. The average Bonchev–Trinajstić information content (AvgIpc) is 2.77. The van der Waals surface area contributed by atoms with Gasteiger partial charge in [-0.25, -0.2) is 26.7 Å². The Labute approximate surface area is 193 Å². The fourth-order valence-electron chi connectivity index (χ4n) is 4.37. The van der Waals surface area contributed by atoms with Gasteiger partial charge >= 0.3 is 6.03 Å². The molecule has 0 aromatic heterocycles. The van der Waals surface area contributed by atoms with Crippen molar-refractivity contribution in [2.75, 3.05) is 11.9 Å². The van der Waals surface area contributed by atoms with E-state index in [2.05, 4.69) is 12.2 Å². The predicted molar refractivity (Wildman–Crippen MR) is 119 cm³/mol. The Bertz CT molecular complexity index is 750. The number of benzene rings is 1. The van der Waals surface area contributed by atoms with Crippen molar-refractivity contribution in [1.82, 2.24) is 5.32 Å². The van der Waals surface area contributed by atoms with Gasteiger partial charge < -0.3 is 15.7 Å². The van der Waals surface area contributed by atoms with Crippen LogP contribution in [0.25, 0.3) is 0 Å². The minimum Gasteiger partial charge on any atom is -0.389 e. The highest BCUT2D eigenvalue weighted by Crippen LogP contribution is 2.36. The van der Waals surface area contributed by atoms with E-state index in [0.29, 0.717) is 6.42 Å². The number of carbonyl (C=O) groups is 1. The molecule has 0 aliphatic carbocycles. The summed E-state index contributed by atoms with van der Waals surface area (Å²) < 4.78 is 67.7. The van der Waals surface area contributed by atoms with Crippen molar-refractivity contribution in [2.24, 2.45) is 17.8 Å². The van der Waals surface area contributed by atoms with Crippen LogP contribution in [0.5, 0.6) is 0 Å². The number of amides is 2. The Morgan fingerprint density at radius 3 is 1.76 bits per heavy atom. The van der Waals surface area contributed by atoms with Crippen molar-refractivity contribution in [3.05, 3.63) is 29.1 Å². The molecule has 1 aromatic carbocycles. The smallest absolute Gasteiger partial charge is 0.319 e. The molecule has 1 atom stereocenters. The second-order valence-corrected chi connectivity index (χ2v) is 9.23. The average molecular weight is 481 g/mol. The Balaban J connectivity index is 2.93. The lowest BCUT2D eigenvalue weighted by Gasteiger charge is -2.43. The van der Waals surface area contributed by atoms with Gasteiger partial charge in [0, 0.05) is 12.5 Å². The first-order valence-electron chi connectivity index (χ1n) is 11.7. The van der Waals surface area contributed by atoms with Gasteiger partial charge in [-0.15, -0.1) is 0 Å². The van der Waals surface area contributed by atoms with Gasteiger partial charge in [0.2, 0.25) is 5.82 Å². The number of anilines is 1. The fraction of sp³-hybridized carbons (Fsp3) is 0.708. The summed E-state index contributed by atoms with van der Waals surface area (Å²) in [5.74, 6) is -11.5. The van der Waals surface area contributed by atoms with Crippen LogP contribution in [0.3, 0.4) is 0 Å². The van der Waals surface area contributed by atoms with E-state index in [1.807, 2.05) is 27.7 Å². The third-order valence-corrected chi connectivity index (χ3v) is 6.37. The standard InChI is InChI=1S/C24H37F5N2O2/c1-6-7-8-9-10-11-12-16(24(33,14(2)3)15(4)5)13-30-23(32)31-22-20(28)18(26)17(25)19(27)21(22)29/h14-16,33H,6-13H2,1-5H3,(H2,30,31,32). The van der Waals surface area contributed by atoms with E-state index >= 15 is 0 Å². The van der Waals surface area contributed by atoms with Gasteiger partial charge in [0.1, 0.15) is 5.69 Å². The molecule has 0 aliphatic rings. The van der Waals surface area contributed by atoms with Gasteiger partial charge in [-0.1, -0.05) is 73.1 Å². The number of urea groups is 1. The van der Waals surface area contributed by atoms with E-state index in [1.54, 1.807) is 5.32 Å². The van der Waals surface area contributed by atoms with E-state index in [9.17, 15) is 31.9 Å². The van der Waals surface area contributed by atoms with Crippen LogP contribution in [0.1, 0.15) is 79.6 Å². The first-order valence-corrected chi connectivity index (χ1v) is 11.7. The molecule has 3 N–H and O–H groups in total. The number of nitrogens with one attached hydrogen (secondary N) is 2. The fourth-order valence-corrected chi connectivity index (χ4v) is 4.37. The lowest BCUT2D eigenvalue weighted by molar-refractivity contribution is -0.0973. The van der Waals surface area contributed by atoms with E-state index in [-0.39, 0.29) is 24.3 Å². The lowest BCUT2D eigenvalue weighted by atomic mass is 9.69. The normalized spacial score (nSPS) is 13.0. The van der Waals surface area contributed by atoms with E-state index in [1.165, 1.54) is 0 Å². The molecular weight excluding hydrogens is 443 g/mol. The molecule has 190 valence electrons. The number of carbonyl (C=O) groups excluding carboxylic acids is 1. The quantitative estimate of drug-likeness (QED) is 0.124. The van der Waals surface area contributed by atoms with E-state index < -0.39 is 46.4 Å². The maximum atomic E-state index is 13.9. The van der Waals surface area contributed by atoms with Crippen molar-refractivity contribution in [3.8, 4) is 0 Å². The molecular formula is C24H37F5N2O2. The number of rotatable bonds is 13. The molecule has 1 aromatic rings. The summed E-state index contributed by atoms with van der Waals surface area (Å²) in [5.41, 5.74) is -2.54. The minimum absolute atomic E-state index is 0.0248. The summed E-state index contributed by atoms with van der Waals surface area (Å²) in [7, 11) is 0. The number of aliphatic hydroxyl groups is 1. The largest absolute Gasteiger partial charge is 0.389 e. The van der Waals surface area contributed by atoms with Crippen molar-refractivity contribution in [3.63, 3.8) is 0 Å². The molecule has 1 rings (SSSR count). The number of unbranched alkanes of at least 4 members (excludes halogenated alkanes) is 5. The Kier molecular flexibility index (Phi) is 11.6. The summed E-state index contributed by atoms with van der Waals surface area (Å²) in [6.45, 7) is 9.62. The molecule has 0 saturated carbocycles. The van der Waals surface area contributed by atoms with Gasteiger partial charge in [-0.2, -0.15) is 0 Å². The summed E-state index contributed by atoms with van der Waals surface area (Å²) in [4.78, 5) is 12.3. The topological polar surface area (TPSA) is 61.4 Å². The first-order chi connectivity index (χ1) is 15.4. The van der Waals surface area contributed by atoms with Crippen molar-refractivity contribution in [2.45, 2.75) is 85.2 Å². The molecule has 0 spiro atoms. The molecule has 0 heterocycles. The van der Waals surface area contributed by atoms with Crippen molar-refractivity contribution in [1.29, 1.82) is 0 Å². The van der Waals surface area contributed by atoms with Gasteiger partial charge in [-0.3, -0.25) is 0 Å². The van der Waals surface area contributed by atoms with Crippen LogP contribution >= 0.6 is 0 Å². The summed E-state index contributed by atoms with van der Waals surface area (Å²) in [6, 6.07) is -1.12. The zero-order valence-corrected chi connectivity index (χ0v) is 20.1. The maximum Gasteiger partial charge on any atom is 0.319 e. The zero-order chi connectivity index (χ0) is 25.3. The van der Waals surface area contributed by atoms with Crippen molar-refractivity contribution >= 4 is 11.7 Å². The Morgan fingerprint density at radius 2 is 1.27 bits per heavy atom. The molecule has 0 fully saturated rings. The monoisotopic (exact) mass is 480 g/mol. The number of halogens is 5.